The average Bonchev–Trinajstić information content (AvgIpc) is 2.23. The van der Waals surface area contributed by atoms with Crippen LogP contribution in [0.3, 0.4) is 0 Å². The van der Waals surface area contributed by atoms with Gasteiger partial charge in [0.05, 0.1) is 12.0 Å². The summed E-state index contributed by atoms with van der Waals surface area (Å²) in [7, 11) is 0. The molecule has 0 aromatic heterocycles. The Labute approximate surface area is 111 Å². The van der Waals surface area contributed by atoms with Crippen molar-refractivity contribution in [3.63, 3.8) is 0 Å². The fourth-order valence-electron chi connectivity index (χ4n) is 1.65. The van der Waals surface area contributed by atoms with Crippen LogP contribution in [0.1, 0.15) is 53.9 Å². The Hall–Kier alpha value is -0.610. The molecule has 108 valence electrons. The zero-order chi connectivity index (χ0) is 14.2. The number of ether oxygens (including phenoxy) is 2. The molecular formula is C14H29NO3. The van der Waals surface area contributed by atoms with E-state index in [1.165, 1.54) is 0 Å². The van der Waals surface area contributed by atoms with Crippen LogP contribution < -0.4 is 5.73 Å². The molecule has 0 aliphatic heterocycles. The van der Waals surface area contributed by atoms with Gasteiger partial charge < -0.3 is 15.2 Å². The molecule has 18 heavy (non-hydrogen) atoms. The highest BCUT2D eigenvalue weighted by atomic mass is 16.6. The van der Waals surface area contributed by atoms with Crippen molar-refractivity contribution in [1.82, 2.24) is 0 Å². The molecule has 2 atom stereocenters. The third-order valence-electron chi connectivity index (χ3n) is 2.60. The first kappa shape index (κ1) is 17.4. The first-order valence-electron chi connectivity index (χ1n) is 6.84. The van der Waals surface area contributed by atoms with Crippen LogP contribution in [0, 0.1) is 5.92 Å². The van der Waals surface area contributed by atoms with E-state index in [4.69, 9.17) is 15.2 Å². The SMILES string of the molecule is CCC(CC(C)OCCCN)C(=O)OC(C)(C)C. The van der Waals surface area contributed by atoms with Crippen LogP contribution in [-0.2, 0) is 14.3 Å². The minimum Gasteiger partial charge on any atom is -0.460 e. The van der Waals surface area contributed by atoms with Gasteiger partial charge in [0.2, 0.25) is 0 Å². The normalized spacial score (nSPS) is 15.2. The van der Waals surface area contributed by atoms with E-state index >= 15 is 0 Å². The van der Waals surface area contributed by atoms with Gasteiger partial charge in [-0.1, -0.05) is 6.92 Å². The summed E-state index contributed by atoms with van der Waals surface area (Å²) in [5.41, 5.74) is 4.98. The van der Waals surface area contributed by atoms with Crippen molar-refractivity contribution in [2.45, 2.75) is 65.6 Å². The van der Waals surface area contributed by atoms with Gasteiger partial charge in [-0.25, -0.2) is 0 Å². The predicted molar refractivity (Wildman–Crippen MR) is 73.3 cm³/mol. The van der Waals surface area contributed by atoms with Crippen molar-refractivity contribution in [3.8, 4) is 0 Å². The highest BCUT2D eigenvalue weighted by Gasteiger charge is 2.25. The molecule has 0 spiro atoms. The third-order valence-corrected chi connectivity index (χ3v) is 2.60. The Balaban J connectivity index is 4.12. The number of nitrogens with two attached hydrogens (primary N) is 1. The zero-order valence-electron chi connectivity index (χ0n) is 12.5. The Kier molecular flexibility index (Phi) is 8.20. The van der Waals surface area contributed by atoms with Crippen LogP contribution >= 0.6 is 0 Å². The molecule has 0 radical (unpaired) electrons. The van der Waals surface area contributed by atoms with Crippen molar-refractivity contribution in [2.75, 3.05) is 13.2 Å². The van der Waals surface area contributed by atoms with Crippen molar-refractivity contribution < 1.29 is 14.3 Å². The van der Waals surface area contributed by atoms with Crippen LogP contribution in [0.5, 0.6) is 0 Å². The van der Waals surface area contributed by atoms with E-state index in [0.29, 0.717) is 19.6 Å². The lowest BCUT2D eigenvalue weighted by atomic mass is 9.99. The number of carbonyl (C=O) groups excluding carboxylic acids is 1. The van der Waals surface area contributed by atoms with Gasteiger partial charge in [0, 0.05) is 6.61 Å². The quantitative estimate of drug-likeness (QED) is 0.537. The molecule has 4 nitrogen and oxygen atoms in total. The molecule has 0 aliphatic rings. The molecule has 0 aliphatic carbocycles. The van der Waals surface area contributed by atoms with E-state index in [1.54, 1.807) is 0 Å². The number of carbonyl (C=O) groups is 1. The van der Waals surface area contributed by atoms with Crippen LogP contribution in [0.15, 0.2) is 0 Å². The van der Waals surface area contributed by atoms with Gasteiger partial charge in [0.15, 0.2) is 0 Å². The monoisotopic (exact) mass is 259 g/mol. The molecule has 0 fully saturated rings. The molecule has 4 heteroatoms. The number of hydrogen-bond donors (Lipinski definition) is 1. The predicted octanol–water partition coefficient (Wildman–Crippen LogP) is 2.50. The minimum absolute atomic E-state index is 0.0639. The van der Waals surface area contributed by atoms with Crippen molar-refractivity contribution in [3.05, 3.63) is 0 Å². The molecule has 0 bridgehead atoms. The lowest BCUT2D eigenvalue weighted by Gasteiger charge is -2.25. The van der Waals surface area contributed by atoms with Gasteiger partial charge in [-0.3, -0.25) is 4.79 Å². The number of rotatable bonds is 8. The summed E-state index contributed by atoms with van der Waals surface area (Å²) in [4.78, 5) is 12.0. The largest absolute Gasteiger partial charge is 0.460 e. The average molecular weight is 259 g/mol. The van der Waals surface area contributed by atoms with Crippen LogP contribution in [0.2, 0.25) is 0 Å². The van der Waals surface area contributed by atoms with Gasteiger partial charge >= 0.3 is 5.97 Å². The second-order valence-corrected chi connectivity index (χ2v) is 5.70. The first-order valence-corrected chi connectivity index (χ1v) is 6.84. The van der Waals surface area contributed by atoms with Crippen molar-refractivity contribution >= 4 is 5.97 Å². The van der Waals surface area contributed by atoms with Crippen LogP contribution in [0.4, 0.5) is 0 Å². The standard InChI is InChI=1S/C14H29NO3/c1-6-12(13(16)18-14(3,4)5)10-11(2)17-9-7-8-15/h11-12H,6-10,15H2,1-5H3. The number of esters is 1. The molecule has 0 saturated heterocycles. The first-order chi connectivity index (χ1) is 8.30. The van der Waals surface area contributed by atoms with Gasteiger partial charge in [0.1, 0.15) is 5.60 Å². The summed E-state index contributed by atoms with van der Waals surface area (Å²) in [5.74, 6) is -0.212. The maximum absolute atomic E-state index is 12.0. The summed E-state index contributed by atoms with van der Waals surface area (Å²) in [6.45, 7) is 10.9. The van der Waals surface area contributed by atoms with E-state index in [9.17, 15) is 4.79 Å². The molecule has 0 aromatic rings. The third kappa shape index (κ3) is 8.48. The maximum Gasteiger partial charge on any atom is 0.309 e. The lowest BCUT2D eigenvalue weighted by Crippen LogP contribution is -2.30. The Morgan fingerprint density at radius 1 is 1.33 bits per heavy atom. The van der Waals surface area contributed by atoms with E-state index in [-0.39, 0.29) is 18.0 Å². The number of hydrogen-bond acceptors (Lipinski definition) is 4. The molecule has 2 unspecified atom stereocenters. The highest BCUT2D eigenvalue weighted by Crippen LogP contribution is 2.19. The zero-order valence-corrected chi connectivity index (χ0v) is 12.5. The fraction of sp³-hybridized carbons (Fsp3) is 0.929. The second-order valence-electron chi connectivity index (χ2n) is 5.70. The van der Waals surface area contributed by atoms with E-state index in [1.807, 2.05) is 34.6 Å². The molecule has 0 rings (SSSR count). The molecule has 0 amide bonds. The minimum atomic E-state index is -0.422. The second kappa shape index (κ2) is 8.48. The molecule has 0 saturated carbocycles. The summed E-state index contributed by atoms with van der Waals surface area (Å²) in [6.07, 6.45) is 2.40. The van der Waals surface area contributed by atoms with Gasteiger partial charge in [-0.05, 0) is 53.5 Å². The van der Waals surface area contributed by atoms with E-state index < -0.39 is 5.60 Å². The highest BCUT2D eigenvalue weighted by molar-refractivity contribution is 5.72. The lowest BCUT2D eigenvalue weighted by molar-refractivity contribution is -0.161. The summed E-state index contributed by atoms with van der Waals surface area (Å²) in [5, 5.41) is 0. The maximum atomic E-state index is 12.0. The molecule has 0 heterocycles. The Morgan fingerprint density at radius 2 is 1.94 bits per heavy atom. The fourth-order valence-corrected chi connectivity index (χ4v) is 1.65. The van der Waals surface area contributed by atoms with E-state index in [2.05, 4.69) is 0 Å². The molecule has 2 N–H and O–H groups in total. The summed E-state index contributed by atoms with van der Waals surface area (Å²) < 4.78 is 11.0. The van der Waals surface area contributed by atoms with Crippen molar-refractivity contribution in [1.29, 1.82) is 0 Å². The van der Waals surface area contributed by atoms with Gasteiger partial charge in [-0.15, -0.1) is 0 Å². The van der Waals surface area contributed by atoms with Crippen molar-refractivity contribution in [2.24, 2.45) is 11.7 Å². The molecular weight excluding hydrogens is 230 g/mol. The Bertz CT molecular complexity index is 236. The van der Waals surface area contributed by atoms with E-state index in [0.717, 1.165) is 12.8 Å². The summed E-state index contributed by atoms with van der Waals surface area (Å²) in [6, 6.07) is 0. The van der Waals surface area contributed by atoms with Gasteiger partial charge in [0.25, 0.3) is 0 Å². The smallest absolute Gasteiger partial charge is 0.309 e. The van der Waals surface area contributed by atoms with Crippen LogP contribution in [0.25, 0.3) is 0 Å². The van der Waals surface area contributed by atoms with Crippen LogP contribution in [-0.4, -0.2) is 30.8 Å². The Morgan fingerprint density at radius 3 is 2.39 bits per heavy atom. The summed E-state index contributed by atoms with van der Waals surface area (Å²) >= 11 is 0. The molecule has 0 aromatic carbocycles. The topological polar surface area (TPSA) is 61.5 Å². The van der Waals surface area contributed by atoms with Gasteiger partial charge in [-0.2, -0.15) is 0 Å².